The highest BCUT2D eigenvalue weighted by atomic mass is 16.5. The lowest BCUT2D eigenvalue weighted by Crippen LogP contribution is -2.03. The highest BCUT2D eigenvalue weighted by Crippen LogP contribution is 2.32. The smallest absolute Gasteiger partial charge is 0.341 e. The van der Waals surface area contributed by atoms with E-state index in [4.69, 9.17) is 9.15 Å². The molecule has 0 saturated heterocycles. The van der Waals surface area contributed by atoms with Gasteiger partial charge in [-0.25, -0.2) is 4.79 Å². The molecule has 0 saturated carbocycles. The SMILES string of the molecule is C=C(c1oc(C(=O)CC)cc1C(=O)OC)c1cccc2[nH]ccc12. The number of fused-ring (bicyclic) bond motifs is 1. The second kappa shape index (κ2) is 6.20. The number of H-pyrrole nitrogens is 1. The van der Waals surface area contributed by atoms with Crippen molar-refractivity contribution in [1.29, 1.82) is 0 Å². The maximum Gasteiger partial charge on any atom is 0.341 e. The van der Waals surface area contributed by atoms with Gasteiger partial charge in [-0.05, 0) is 17.7 Å². The quantitative estimate of drug-likeness (QED) is 0.564. The first kappa shape index (κ1) is 15.8. The van der Waals surface area contributed by atoms with Crippen LogP contribution in [0.3, 0.4) is 0 Å². The van der Waals surface area contributed by atoms with Crippen molar-refractivity contribution in [1.82, 2.24) is 4.98 Å². The van der Waals surface area contributed by atoms with Gasteiger partial charge in [0.25, 0.3) is 0 Å². The molecule has 1 N–H and O–H groups in total. The number of carbonyl (C=O) groups excluding carboxylic acids is 2. The third-order valence-corrected chi connectivity index (χ3v) is 3.93. The van der Waals surface area contributed by atoms with E-state index in [1.54, 1.807) is 6.92 Å². The normalized spacial score (nSPS) is 10.8. The lowest BCUT2D eigenvalue weighted by molar-refractivity contribution is 0.0599. The minimum Gasteiger partial charge on any atom is -0.465 e. The second-order valence-corrected chi connectivity index (χ2v) is 5.34. The fourth-order valence-electron chi connectivity index (χ4n) is 2.66. The van der Waals surface area contributed by atoms with E-state index in [0.29, 0.717) is 5.57 Å². The summed E-state index contributed by atoms with van der Waals surface area (Å²) >= 11 is 0. The van der Waals surface area contributed by atoms with Crippen molar-refractivity contribution in [3.63, 3.8) is 0 Å². The molecule has 0 aliphatic carbocycles. The van der Waals surface area contributed by atoms with Crippen molar-refractivity contribution >= 4 is 28.2 Å². The van der Waals surface area contributed by atoms with E-state index in [9.17, 15) is 9.59 Å². The second-order valence-electron chi connectivity index (χ2n) is 5.34. The van der Waals surface area contributed by atoms with Crippen molar-refractivity contribution in [2.45, 2.75) is 13.3 Å². The van der Waals surface area contributed by atoms with E-state index < -0.39 is 5.97 Å². The van der Waals surface area contributed by atoms with E-state index in [-0.39, 0.29) is 29.3 Å². The number of Topliss-reactive ketones (excluding diaryl/α,β-unsaturated/α-hetero) is 1. The number of nitrogens with one attached hydrogen (secondary N) is 1. The van der Waals surface area contributed by atoms with Crippen LogP contribution in [0.1, 0.15) is 45.6 Å². The number of aromatic amines is 1. The van der Waals surface area contributed by atoms with Gasteiger partial charge >= 0.3 is 5.97 Å². The summed E-state index contributed by atoms with van der Waals surface area (Å²) in [6.07, 6.45) is 2.12. The molecule has 0 fully saturated rings. The Hall–Kier alpha value is -3.08. The predicted octanol–water partition coefficient (Wildman–Crippen LogP) is 4.20. The molecule has 0 aliphatic heterocycles. The van der Waals surface area contributed by atoms with Crippen molar-refractivity contribution in [2.75, 3.05) is 7.11 Å². The number of aromatic nitrogens is 1. The van der Waals surface area contributed by atoms with Crippen LogP contribution in [0.2, 0.25) is 0 Å². The molecule has 122 valence electrons. The van der Waals surface area contributed by atoms with Crippen LogP contribution in [0.15, 0.2) is 47.5 Å². The summed E-state index contributed by atoms with van der Waals surface area (Å²) in [5, 5.41) is 0.957. The number of benzene rings is 1. The van der Waals surface area contributed by atoms with Crippen molar-refractivity contribution in [3.8, 4) is 0 Å². The van der Waals surface area contributed by atoms with E-state index in [2.05, 4.69) is 11.6 Å². The van der Waals surface area contributed by atoms with Crippen molar-refractivity contribution < 1.29 is 18.7 Å². The highest BCUT2D eigenvalue weighted by Gasteiger charge is 2.24. The summed E-state index contributed by atoms with van der Waals surface area (Å²) < 4.78 is 10.5. The van der Waals surface area contributed by atoms with Crippen LogP contribution >= 0.6 is 0 Å². The van der Waals surface area contributed by atoms with Crippen molar-refractivity contribution in [3.05, 3.63) is 65.8 Å². The number of hydrogen-bond acceptors (Lipinski definition) is 4. The average molecular weight is 323 g/mol. The molecule has 24 heavy (non-hydrogen) atoms. The predicted molar refractivity (Wildman–Crippen MR) is 91.1 cm³/mol. The van der Waals surface area contributed by atoms with Crippen LogP contribution in [0, 0.1) is 0 Å². The van der Waals surface area contributed by atoms with Gasteiger partial charge in [-0.2, -0.15) is 0 Å². The molecule has 3 rings (SSSR count). The molecular formula is C19H17NO4. The van der Waals surface area contributed by atoms with E-state index in [1.807, 2.05) is 30.5 Å². The number of esters is 1. The van der Waals surface area contributed by atoms with Gasteiger partial charge in [-0.1, -0.05) is 25.6 Å². The molecule has 0 amide bonds. The number of carbonyl (C=O) groups is 2. The van der Waals surface area contributed by atoms with Crippen LogP contribution in [0.5, 0.6) is 0 Å². The van der Waals surface area contributed by atoms with E-state index >= 15 is 0 Å². The lowest BCUT2D eigenvalue weighted by Gasteiger charge is -2.07. The van der Waals surface area contributed by atoms with Gasteiger partial charge in [0.05, 0.1) is 7.11 Å². The molecule has 0 radical (unpaired) electrons. The zero-order valence-corrected chi connectivity index (χ0v) is 13.5. The first-order valence-corrected chi connectivity index (χ1v) is 7.58. The number of methoxy groups -OCH3 is 1. The Morgan fingerprint density at radius 1 is 1.25 bits per heavy atom. The molecule has 0 atom stereocenters. The third-order valence-electron chi connectivity index (χ3n) is 3.93. The fraction of sp³-hybridized carbons (Fsp3) is 0.158. The highest BCUT2D eigenvalue weighted by molar-refractivity contribution is 6.03. The Morgan fingerprint density at radius 2 is 2.04 bits per heavy atom. The van der Waals surface area contributed by atoms with Crippen LogP contribution in [0.4, 0.5) is 0 Å². The average Bonchev–Trinajstić information content (AvgIpc) is 3.26. The summed E-state index contributed by atoms with van der Waals surface area (Å²) in [7, 11) is 1.29. The Bertz CT molecular complexity index is 945. The molecule has 0 bridgehead atoms. The summed E-state index contributed by atoms with van der Waals surface area (Å²) in [6.45, 7) is 5.81. The lowest BCUT2D eigenvalue weighted by atomic mass is 9.99. The fourth-order valence-corrected chi connectivity index (χ4v) is 2.66. The van der Waals surface area contributed by atoms with Crippen LogP contribution in [-0.4, -0.2) is 23.8 Å². The van der Waals surface area contributed by atoms with Crippen molar-refractivity contribution in [2.24, 2.45) is 0 Å². The molecule has 1 aromatic carbocycles. The molecule has 2 heterocycles. The molecule has 0 unspecified atom stereocenters. The topological polar surface area (TPSA) is 72.3 Å². The van der Waals surface area contributed by atoms with Gasteiger partial charge in [0, 0.05) is 35.2 Å². The van der Waals surface area contributed by atoms with Gasteiger partial charge in [0.1, 0.15) is 11.3 Å². The summed E-state index contributed by atoms with van der Waals surface area (Å²) in [5.74, 6) is -0.354. The minimum atomic E-state index is -0.564. The summed E-state index contributed by atoms with van der Waals surface area (Å²) in [4.78, 5) is 27.1. The van der Waals surface area contributed by atoms with E-state index in [1.165, 1.54) is 13.2 Å². The molecular weight excluding hydrogens is 306 g/mol. The molecule has 5 heteroatoms. The summed E-state index contributed by atoms with van der Waals surface area (Å²) in [5.41, 5.74) is 2.50. The first-order valence-electron chi connectivity index (χ1n) is 7.58. The monoisotopic (exact) mass is 323 g/mol. The zero-order chi connectivity index (χ0) is 17.3. The number of hydrogen-bond donors (Lipinski definition) is 1. The Balaban J connectivity index is 2.15. The van der Waals surface area contributed by atoms with Gasteiger partial charge < -0.3 is 14.1 Å². The number of furan rings is 1. The molecule has 0 aliphatic rings. The number of ketones is 1. The minimum absolute atomic E-state index is 0.135. The van der Waals surface area contributed by atoms with Gasteiger partial charge in [-0.3, -0.25) is 4.79 Å². The molecule has 0 spiro atoms. The summed E-state index contributed by atoms with van der Waals surface area (Å²) in [6, 6.07) is 9.08. The maximum atomic E-state index is 12.1. The maximum absolute atomic E-state index is 12.1. The third kappa shape index (κ3) is 2.54. The standard InChI is InChI=1S/C19H17NO4/c1-4-16(21)17-10-14(19(22)23-3)18(24-17)11(2)12-6-5-7-15-13(12)8-9-20-15/h5-10,20H,2,4H2,1,3H3. The molecule has 2 aromatic heterocycles. The van der Waals surface area contributed by atoms with Gasteiger partial charge in [0.2, 0.25) is 0 Å². The van der Waals surface area contributed by atoms with Crippen LogP contribution in [0.25, 0.3) is 16.5 Å². The number of ether oxygens (including phenoxy) is 1. The Labute approximate surface area is 138 Å². The van der Waals surface area contributed by atoms with E-state index in [0.717, 1.165) is 16.5 Å². The zero-order valence-electron chi connectivity index (χ0n) is 13.5. The Kier molecular flexibility index (Phi) is 4.08. The van der Waals surface area contributed by atoms with Crippen LogP contribution < -0.4 is 0 Å². The molecule has 5 nitrogen and oxygen atoms in total. The first-order chi connectivity index (χ1) is 11.6. The van der Waals surface area contributed by atoms with Crippen LogP contribution in [-0.2, 0) is 4.74 Å². The van der Waals surface area contributed by atoms with Gasteiger partial charge in [0.15, 0.2) is 11.5 Å². The largest absolute Gasteiger partial charge is 0.465 e. The number of rotatable bonds is 5. The molecule has 3 aromatic rings. The Morgan fingerprint density at radius 3 is 2.75 bits per heavy atom. The van der Waals surface area contributed by atoms with Gasteiger partial charge in [-0.15, -0.1) is 0 Å².